The van der Waals surface area contributed by atoms with Crippen molar-refractivity contribution in [2.75, 3.05) is 25.6 Å². The molecule has 1 atom stereocenters. The molecule has 2 nitrogen and oxygen atoms in total. The van der Waals surface area contributed by atoms with Gasteiger partial charge in [-0.25, -0.2) is 0 Å². The Bertz CT molecular complexity index is 314. The summed E-state index contributed by atoms with van der Waals surface area (Å²) in [5.41, 5.74) is 2.40. The first-order valence-electron chi connectivity index (χ1n) is 5.13. The number of rotatable bonds is 5. The van der Waals surface area contributed by atoms with Crippen LogP contribution in [0.3, 0.4) is 0 Å². The normalized spacial score (nSPS) is 12.5. The Kier molecular flexibility index (Phi) is 5.12. The summed E-state index contributed by atoms with van der Waals surface area (Å²) in [6, 6.07) is 6.23. The molecule has 0 saturated carbocycles. The number of anilines is 1. The number of aryl methyl sites for hydroxylation is 1. The molecule has 1 unspecified atom stereocenters. The van der Waals surface area contributed by atoms with Gasteiger partial charge in [-0.15, -0.1) is 0 Å². The number of hydrogen-bond donors (Lipinski definition) is 1. The van der Waals surface area contributed by atoms with Crippen molar-refractivity contribution in [3.8, 4) is 0 Å². The fourth-order valence-corrected chi connectivity index (χ4v) is 1.82. The lowest BCUT2D eigenvalue weighted by Gasteiger charge is -2.14. The third-order valence-electron chi connectivity index (χ3n) is 2.28. The molecule has 1 rings (SSSR count). The maximum atomic E-state index is 5.09. The van der Waals surface area contributed by atoms with Crippen LogP contribution < -0.4 is 5.32 Å². The van der Waals surface area contributed by atoms with Gasteiger partial charge < -0.3 is 10.1 Å². The smallest absolute Gasteiger partial charge is 0.0504 e. The van der Waals surface area contributed by atoms with Crippen molar-refractivity contribution in [2.24, 2.45) is 5.92 Å². The minimum Gasteiger partial charge on any atom is -0.384 e. The molecule has 0 saturated heterocycles. The Labute approximate surface area is 100 Å². The van der Waals surface area contributed by atoms with E-state index in [1.54, 1.807) is 7.11 Å². The van der Waals surface area contributed by atoms with Crippen molar-refractivity contribution in [2.45, 2.75) is 13.8 Å². The van der Waals surface area contributed by atoms with Crippen LogP contribution in [0.5, 0.6) is 0 Å². The summed E-state index contributed by atoms with van der Waals surface area (Å²) in [6.07, 6.45) is 0. The molecule has 0 radical (unpaired) electrons. The predicted octanol–water partition coefficient (Wildman–Crippen LogP) is 3.45. The van der Waals surface area contributed by atoms with E-state index in [4.69, 9.17) is 4.74 Å². The molecule has 0 aromatic heterocycles. The molecule has 3 heteroatoms. The van der Waals surface area contributed by atoms with Crippen LogP contribution in [-0.4, -0.2) is 20.3 Å². The highest BCUT2D eigenvalue weighted by molar-refractivity contribution is 9.10. The Morgan fingerprint density at radius 2 is 2.20 bits per heavy atom. The molecule has 84 valence electrons. The number of benzene rings is 1. The lowest BCUT2D eigenvalue weighted by Crippen LogP contribution is -2.16. The van der Waals surface area contributed by atoms with Gasteiger partial charge in [0.1, 0.15) is 0 Å². The first kappa shape index (κ1) is 12.5. The summed E-state index contributed by atoms with van der Waals surface area (Å²) >= 11 is 3.58. The molecule has 1 aromatic carbocycles. The van der Waals surface area contributed by atoms with E-state index < -0.39 is 0 Å². The monoisotopic (exact) mass is 271 g/mol. The minimum atomic E-state index is 0.516. The zero-order valence-corrected chi connectivity index (χ0v) is 11.1. The molecule has 15 heavy (non-hydrogen) atoms. The van der Waals surface area contributed by atoms with Gasteiger partial charge in [0, 0.05) is 23.8 Å². The van der Waals surface area contributed by atoms with Crippen LogP contribution in [0.15, 0.2) is 22.7 Å². The fourth-order valence-electron chi connectivity index (χ4n) is 1.41. The number of methoxy groups -OCH3 is 1. The predicted molar refractivity (Wildman–Crippen MR) is 68.4 cm³/mol. The summed E-state index contributed by atoms with van der Waals surface area (Å²) in [5, 5.41) is 3.41. The van der Waals surface area contributed by atoms with Crippen molar-refractivity contribution >= 4 is 21.6 Å². The molecule has 0 aliphatic heterocycles. The number of nitrogens with one attached hydrogen (secondary N) is 1. The Morgan fingerprint density at radius 3 is 2.87 bits per heavy atom. The molecule has 0 aliphatic carbocycles. The highest BCUT2D eigenvalue weighted by Gasteiger charge is 2.04. The number of hydrogen-bond acceptors (Lipinski definition) is 2. The van der Waals surface area contributed by atoms with Gasteiger partial charge in [-0.05, 0) is 40.4 Å². The van der Waals surface area contributed by atoms with Crippen molar-refractivity contribution in [3.05, 3.63) is 28.2 Å². The molecule has 1 N–H and O–H groups in total. The second kappa shape index (κ2) is 6.13. The van der Waals surface area contributed by atoms with Crippen LogP contribution in [-0.2, 0) is 4.74 Å². The topological polar surface area (TPSA) is 21.3 Å². The molecular weight excluding hydrogens is 254 g/mol. The molecule has 0 heterocycles. The third-order valence-corrected chi connectivity index (χ3v) is 3.34. The SMILES string of the molecule is COCC(C)CNc1cccc(C)c1Br. The number of ether oxygens (including phenoxy) is 1. The average molecular weight is 272 g/mol. The molecule has 0 bridgehead atoms. The molecule has 1 aromatic rings. The maximum absolute atomic E-state index is 5.09. The van der Waals surface area contributed by atoms with E-state index in [1.807, 2.05) is 0 Å². The van der Waals surface area contributed by atoms with Gasteiger partial charge in [-0.2, -0.15) is 0 Å². The molecule has 0 aliphatic rings. The van der Waals surface area contributed by atoms with Gasteiger partial charge in [0.25, 0.3) is 0 Å². The van der Waals surface area contributed by atoms with Crippen molar-refractivity contribution in [1.82, 2.24) is 0 Å². The summed E-state index contributed by atoms with van der Waals surface area (Å²) in [5.74, 6) is 0.516. The zero-order chi connectivity index (χ0) is 11.3. The second-order valence-corrected chi connectivity index (χ2v) is 4.67. The first-order chi connectivity index (χ1) is 7.15. The molecule has 0 fully saturated rings. The highest BCUT2D eigenvalue weighted by Crippen LogP contribution is 2.25. The van der Waals surface area contributed by atoms with E-state index in [9.17, 15) is 0 Å². The van der Waals surface area contributed by atoms with Crippen molar-refractivity contribution in [3.63, 3.8) is 0 Å². The Hall–Kier alpha value is -0.540. The second-order valence-electron chi connectivity index (χ2n) is 3.88. The van der Waals surface area contributed by atoms with E-state index in [1.165, 1.54) is 5.56 Å². The van der Waals surface area contributed by atoms with Gasteiger partial charge in [0.05, 0.1) is 6.61 Å². The lowest BCUT2D eigenvalue weighted by molar-refractivity contribution is 0.164. The summed E-state index contributed by atoms with van der Waals surface area (Å²) in [6.45, 7) is 5.97. The van der Waals surface area contributed by atoms with E-state index in [2.05, 4.69) is 53.3 Å². The largest absolute Gasteiger partial charge is 0.384 e. The van der Waals surface area contributed by atoms with Gasteiger partial charge in [0.15, 0.2) is 0 Å². The standard InChI is InChI=1S/C12H18BrNO/c1-9(8-15-3)7-14-11-6-4-5-10(2)12(11)13/h4-6,9,14H,7-8H2,1-3H3. The van der Waals surface area contributed by atoms with Crippen LogP contribution in [0.25, 0.3) is 0 Å². The maximum Gasteiger partial charge on any atom is 0.0504 e. The van der Waals surface area contributed by atoms with Crippen LogP contribution in [0, 0.1) is 12.8 Å². The first-order valence-corrected chi connectivity index (χ1v) is 5.92. The van der Waals surface area contributed by atoms with Gasteiger partial charge in [-0.3, -0.25) is 0 Å². The lowest BCUT2D eigenvalue weighted by atomic mass is 10.2. The Morgan fingerprint density at radius 1 is 1.47 bits per heavy atom. The van der Waals surface area contributed by atoms with E-state index >= 15 is 0 Å². The van der Waals surface area contributed by atoms with E-state index in [0.717, 1.165) is 23.3 Å². The van der Waals surface area contributed by atoms with Crippen molar-refractivity contribution < 1.29 is 4.74 Å². The van der Waals surface area contributed by atoms with Gasteiger partial charge >= 0.3 is 0 Å². The van der Waals surface area contributed by atoms with Gasteiger partial charge in [-0.1, -0.05) is 19.1 Å². The fraction of sp³-hybridized carbons (Fsp3) is 0.500. The molecule has 0 spiro atoms. The Balaban J connectivity index is 2.54. The van der Waals surface area contributed by atoms with Crippen LogP contribution in [0.4, 0.5) is 5.69 Å². The van der Waals surface area contributed by atoms with Crippen LogP contribution in [0.1, 0.15) is 12.5 Å². The van der Waals surface area contributed by atoms with Gasteiger partial charge in [0.2, 0.25) is 0 Å². The quantitative estimate of drug-likeness (QED) is 0.886. The minimum absolute atomic E-state index is 0.516. The van der Waals surface area contributed by atoms with E-state index in [-0.39, 0.29) is 0 Å². The summed E-state index contributed by atoms with van der Waals surface area (Å²) in [7, 11) is 1.74. The highest BCUT2D eigenvalue weighted by atomic mass is 79.9. The van der Waals surface area contributed by atoms with Crippen molar-refractivity contribution in [1.29, 1.82) is 0 Å². The van der Waals surface area contributed by atoms with Crippen LogP contribution in [0.2, 0.25) is 0 Å². The van der Waals surface area contributed by atoms with E-state index in [0.29, 0.717) is 5.92 Å². The average Bonchev–Trinajstić information content (AvgIpc) is 2.21. The summed E-state index contributed by atoms with van der Waals surface area (Å²) in [4.78, 5) is 0. The number of halogens is 1. The third kappa shape index (κ3) is 3.84. The molecular formula is C12H18BrNO. The van der Waals surface area contributed by atoms with Crippen LogP contribution >= 0.6 is 15.9 Å². The summed E-state index contributed by atoms with van der Waals surface area (Å²) < 4.78 is 6.24. The zero-order valence-electron chi connectivity index (χ0n) is 9.51. The molecule has 0 amide bonds.